The number of hydrogen-bond donors (Lipinski definition) is 1. The second-order valence-corrected chi connectivity index (χ2v) is 7.41. The first-order valence-corrected chi connectivity index (χ1v) is 9.68. The maximum atomic E-state index is 13.0. The average Bonchev–Trinajstić information content (AvgIpc) is 2.68. The van der Waals surface area contributed by atoms with Crippen molar-refractivity contribution in [2.24, 2.45) is 0 Å². The Hall–Kier alpha value is -2.11. The van der Waals surface area contributed by atoms with Crippen molar-refractivity contribution in [1.29, 1.82) is 0 Å². The highest BCUT2D eigenvalue weighted by molar-refractivity contribution is 6.30. The second kappa shape index (κ2) is 9.20. The lowest BCUT2D eigenvalue weighted by Crippen LogP contribution is -2.47. The zero-order valence-electron chi connectivity index (χ0n) is 15.5. The number of carbonyl (C=O) groups is 1. The first-order valence-electron chi connectivity index (χ1n) is 9.30. The van der Waals surface area contributed by atoms with E-state index in [4.69, 9.17) is 11.6 Å². The molecule has 1 amide bonds. The molecule has 1 heterocycles. The van der Waals surface area contributed by atoms with Gasteiger partial charge in [-0.05, 0) is 61.9 Å². The van der Waals surface area contributed by atoms with E-state index < -0.39 is 0 Å². The van der Waals surface area contributed by atoms with Gasteiger partial charge < -0.3 is 10.2 Å². The van der Waals surface area contributed by atoms with Crippen LogP contribution in [0.4, 0.5) is 10.1 Å². The molecule has 0 aromatic heterocycles. The fourth-order valence-corrected chi connectivity index (χ4v) is 3.36. The molecule has 0 spiro atoms. The van der Waals surface area contributed by atoms with E-state index in [1.165, 1.54) is 12.1 Å². The van der Waals surface area contributed by atoms with Gasteiger partial charge in [0.25, 0.3) is 5.91 Å². The molecule has 1 atom stereocenters. The predicted octanol–water partition coefficient (Wildman–Crippen LogP) is 3.81. The third-order valence-corrected chi connectivity index (χ3v) is 5.18. The quantitative estimate of drug-likeness (QED) is 0.816. The topological polar surface area (TPSA) is 35.6 Å². The van der Waals surface area contributed by atoms with E-state index in [1.54, 1.807) is 24.3 Å². The van der Waals surface area contributed by atoms with Crippen molar-refractivity contribution in [2.75, 3.05) is 37.6 Å². The number of nitrogens with one attached hydrogen (secondary N) is 1. The summed E-state index contributed by atoms with van der Waals surface area (Å²) in [5, 5.41) is 3.66. The summed E-state index contributed by atoms with van der Waals surface area (Å²) in [5.74, 6) is -0.271. The van der Waals surface area contributed by atoms with Crippen molar-refractivity contribution >= 4 is 23.2 Å². The van der Waals surface area contributed by atoms with Crippen molar-refractivity contribution in [2.45, 2.75) is 19.4 Å². The number of amides is 1. The summed E-state index contributed by atoms with van der Waals surface area (Å²) in [6, 6.07) is 13.7. The molecule has 1 fully saturated rings. The van der Waals surface area contributed by atoms with Crippen LogP contribution in [0.3, 0.4) is 0 Å². The Labute approximate surface area is 164 Å². The Morgan fingerprint density at radius 3 is 2.33 bits per heavy atom. The molecule has 1 saturated heterocycles. The molecule has 2 aromatic carbocycles. The fourth-order valence-electron chi connectivity index (χ4n) is 3.24. The van der Waals surface area contributed by atoms with Crippen LogP contribution < -0.4 is 10.2 Å². The van der Waals surface area contributed by atoms with Gasteiger partial charge in [0.05, 0.1) is 0 Å². The van der Waals surface area contributed by atoms with Crippen molar-refractivity contribution in [1.82, 2.24) is 10.2 Å². The van der Waals surface area contributed by atoms with Crippen LogP contribution in [-0.4, -0.2) is 49.6 Å². The standard InChI is InChI=1S/C21H25ClFN3O/c1-16(24-21(27)17-2-4-18(22)5-3-17)10-11-25-12-14-26(15-13-25)20-8-6-19(23)7-9-20/h2-9,16H,10-15H2,1H3,(H,24,27). The summed E-state index contributed by atoms with van der Waals surface area (Å²) in [6.07, 6.45) is 0.899. The summed E-state index contributed by atoms with van der Waals surface area (Å²) in [4.78, 5) is 16.9. The first kappa shape index (κ1) is 19.6. The van der Waals surface area contributed by atoms with Crippen molar-refractivity contribution in [3.05, 3.63) is 64.9 Å². The van der Waals surface area contributed by atoms with Gasteiger partial charge in [0.2, 0.25) is 0 Å². The number of rotatable bonds is 6. The summed E-state index contributed by atoms with van der Waals surface area (Å²) in [6.45, 7) is 6.76. The number of nitrogens with zero attached hydrogens (tertiary/aromatic N) is 2. The Kier molecular flexibility index (Phi) is 6.69. The van der Waals surface area contributed by atoms with Gasteiger partial charge in [-0.1, -0.05) is 11.6 Å². The van der Waals surface area contributed by atoms with Crippen molar-refractivity contribution < 1.29 is 9.18 Å². The van der Waals surface area contributed by atoms with E-state index in [0.29, 0.717) is 10.6 Å². The minimum atomic E-state index is -0.202. The zero-order valence-corrected chi connectivity index (χ0v) is 16.3. The summed E-state index contributed by atoms with van der Waals surface area (Å²) in [7, 11) is 0. The molecule has 27 heavy (non-hydrogen) atoms. The Morgan fingerprint density at radius 2 is 1.70 bits per heavy atom. The normalized spacial score (nSPS) is 16.2. The molecule has 1 aliphatic heterocycles. The van der Waals surface area contributed by atoms with E-state index in [2.05, 4.69) is 15.1 Å². The smallest absolute Gasteiger partial charge is 0.251 e. The SMILES string of the molecule is CC(CCN1CCN(c2ccc(F)cc2)CC1)NC(=O)c1ccc(Cl)cc1. The minimum absolute atomic E-state index is 0.0692. The molecule has 0 radical (unpaired) electrons. The Balaban J connectivity index is 1.39. The third-order valence-electron chi connectivity index (χ3n) is 4.93. The highest BCUT2D eigenvalue weighted by Gasteiger charge is 2.18. The number of halogens is 2. The van der Waals surface area contributed by atoms with Crippen LogP contribution in [0.2, 0.25) is 5.02 Å². The van der Waals surface area contributed by atoms with Crippen LogP contribution >= 0.6 is 11.6 Å². The number of anilines is 1. The van der Waals surface area contributed by atoms with Crippen LogP contribution in [-0.2, 0) is 0 Å². The summed E-state index contributed by atoms with van der Waals surface area (Å²) in [5.41, 5.74) is 1.69. The van der Waals surface area contributed by atoms with Crippen molar-refractivity contribution in [3.8, 4) is 0 Å². The Morgan fingerprint density at radius 1 is 1.07 bits per heavy atom. The maximum absolute atomic E-state index is 13.0. The molecule has 1 N–H and O–H groups in total. The van der Waals surface area contributed by atoms with Crippen LogP contribution in [0.1, 0.15) is 23.7 Å². The van der Waals surface area contributed by atoms with Crippen LogP contribution in [0.25, 0.3) is 0 Å². The van der Waals surface area contributed by atoms with Gasteiger partial charge in [-0.25, -0.2) is 4.39 Å². The molecule has 144 valence electrons. The fraction of sp³-hybridized carbons (Fsp3) is 0.381. The molecular weight excluding hydrogens is 365 g/mol. The van der Waals surface area contributed by atoms with Crippen LogP contribution in [0.5, 0.6) is 0 Å². The molecule has 1 aliphatic rings. The van der Waals surface area contributed by atoms with E-state index in [9.17, 15) is 9.18 Å². The lowest BCUT2D eigenvalue weighted by Gasteiger charge is -2.36. The molecule has 1 unspecified atom stereocenters. The van der Waals surface area contributed by atoms with Gasteiger partial charge in [0.1, 0.15) is 5.82 Å². The van der Waals surface area contributed by atoms with Crippen LogP contribution in [0.15, 0.2) is 48.5 Å². The second-order valence-electron chi connectivity index (χ2n) is 6.98. The number of piperazine rings is 1. The maximum Gasteiger partial charge on any atom is 0.251 e. The molecular formula is C21H25ClFN3O. The van der Waals surface area contributed by atoms with Gasteiger partial charge in [0, 0.05) is 55.0 Å². The van der Waals surface area contributed by atoms with Gasteiger partial charge in [0.15, 0.2) is 0 Å². The molecule has 0 aliphatic carbocycles. The lowest BCUT2D eigenvalue weighted by atomic mass is 10.1. The highest BCUT2D eigenvalue weighted by Crippen LogP contribution is 2.17. The van der Waals surface area contributed by atoms with Gasteiger partial charge >= 0.3 is 0 Å². The molecule has 0 saturated carbocycles. The molecule has 0 bridgehead atoms. The lowest BCUT2D eigenvalue weighted by molar-refractivity contribution is 0.0935. The zero-order chi connectivity index (χ0) is 19.2. The first-order chi connectivity index (χ1) is 13.0. The number of hydrogen-bond acceptors (Lipinski definition) is 3. The van der Waals surface area contributed by atoms with E-state index in [0.717, 1.165) is 44.8 Å². The molecule has 2 aromatic rings. The monoisotopic (exact) mass is 389 g/mol. The summed E-state index contributed by atoms with van der Waals surface area (Å²) < 4.78 is 13.0. The van der Waals surface area contributed by atoms with E-state index in [-0.39, 0.29) is 17.8 Å². The van der Waals surface area contributed by atoms with Gasteiger partial charge in [-0.15, -0.1) is 0 Å². The van der Waals surface area contributed by atoms with E-state index in [1.807, 2.05) is 19.1 Å². The van der Waals surface area contributed by atoms with E-state index >= 15 is 0 Å². The van der Waals surface area contributed by atoms with Crippen molar-refractivity contribution in [3.63, 3.8) is 0 Å². The highest BCUT2D eigenvalue weighted by atomic mass is 35.5. The minimum Gasteiger partial charge on any atom is -0.369 e. The van der Waals surface area contributed by atoms with Gasteiger partial charge in [-0.3, -0.25) is 9.69 Å². The number of carbonyl (C=O) groups excluding carboxylic acids is 1. The average molecular weight is 390 g/mol. The summed E-state index contributed by atoms with van der Waals surface area (Å²) >= 11 is 5.86. The molecule has 3 rings (SSSR count). The predicted molar refractivity (Wildman–Crippen MR) is 108 cm³/mol. The molecule has 6 heteroatoms. The third kappa shape index (κ3) is 5.68. The Bertz CT molecular complexity index is 743. The van der Waals surface area contributed by atoms with Gasteiger partial charge in [-0.2, -0.15) is 0 Å². The van der Waals surface area contributed by atoms with Crippen LogP contribution in [0, 0.1) is 5.82 Å². The molecule has 4 nitrogen and oxygen atoms in total. The largest absolute Gasteiger partial charge is 0.369 e. The number of benzene rings is 2.